The number of aromatic nitrogens is 3. The van der Waals surface area contributed by atoms with Gasteiger partial charge in [0.05, 0.1) is 10.9 Å². The van der Waals surface area contributed by atoms with E-state index in [1.807, 2.05) is 54.7 Å². The predicted molar refractivity (Wildman–Crippen MR) is 138 cm³/mol. The van der Waals surface area contributed by atoms with Gasteiger partial charge in [0.1, 0.15) is 6.54 Å². The Morgan fingerprint density at radius 1 is 0.886 bits per heavy atom. The van der Waals surface area contributed by atoms with Crippen molar-refractivity contribution in [2.45, 2.75) is 25.9 Å². The molecule has 2 N–H and O–H groups in total. The number of nitrogens with zero attached hydrogens (tertiary/aromatic N) is 2. The zero-order valence-corrected chi connectivity index (χ0v) is 19.4. The van der Waals surface area contributed by atoms with Crippen molar-refractivity contribution in [1.82, 2.24) is 19.4 Å². The molecular weight excluding hydrogens is 440 g/mol. The molecule has 1 atom stereocenters. The van der Waals surface area contributed by atoms with Gasteiger partial charge in [0, 0.05) is 36.1 Å². The minimum atomic E-state index is -0.484. The average Bonchev–Trinajstić information content (AvgIpc) is 3.32. The van der Waals surface area contributed by atoms with Crippen LogP contribution in [0.1, 0.15) is 24.0 Å². The molecule has 7 nitrogen and oxygen atoms in total. The number of H-pyrrole nitrogens is 1. The Hall–Kier alpha value is -4.39. The molecule has 0 aliphatic carbocycles. The SMILES string of the molecule is CCn1c(=O)c2ccccc2n(CC(=O)NCC(c2ccccc2)c2c[nH]c3ccccc23)c1=O. The van der Waals surface area contributed by atoms with E-state index < -0.39 is 5.69 Å². The number of aromatic amines is 1. The molecule has 0 aliphatic rings. The highest BCUT2D eigenvalue weighted by molar-refractivity contribution is 5.85. The fourth-order valence-electron chi connectivity index (χ4n) is 4.69. The van der Waals surface area contributed by atoms with Gasteiger partial charge in [-0.25, -0.2) is 4.79 Å². The number of fused-ring (bicyclic) bond motifs is 2. The van der Waals surface area contributed by atoms with E-state index >= 15 is 0 Å². The standard InChI is InChI=1S/C28H26N4O3/c1-2-31-27(34)21-13-7-9-15-25(21)32(28(31)35)18-26(33)30-16-22(19-10-4-3-5-11-19)23-17-29-24-14-8-6-12-20(23)24/h3-15,17,22,29H,2,16,18H2,1H3,(H,30,33). The van der Waals surface area contributed by atoms with Gasteiger partial charge in [-0.2, -0.15) is 0 Å². The first-order valence-electron chi connectivity index (χ1n) is 11.7. The van der Waals surface area contributed by atoms with Gasteiger partial charge in [0.15, 0.2) is 0 Å². The van der Waals surface area contributed by atoms with Crippen molar-refractivity contribution in [3.63, 3.8) is 0 Å². The Morgan fingerprint density at radius 3 is 2.34 bits per heavy atom. The molecule has 0 bridgehead atoms. The molecule has 7 heteroatoms. The molecule has 0 saturated carbocycles. The van der Waals surface area contributed by atoms with Crippen LogP contribution in [0.3, 0.4) is 0 Å². The van der Waals surface area contributed by atoms with Crippen molar-refractivity contribution in [2.24, 2.45) is 0 Å². The van der Waals surface area contributed by atoms with Gasteiger partial charge >= 0.3 is 5.69 Å². The number of hydrogen-bond donors (Lipinski definition) is 2. The quantitative estimate of drug-likeness (QED) is 0.384. The van der Waals surface area contributed by atoms with Crippen LogP contribution in [-0.2, 0) is 17.9 Å². The first-order chi connectivity index (χ1) is 17.1. The van der Waals surface area contributed by atoms with Gasteiger partial charge in [0.2, 0.25) is 5.91 Å². The van der Waals surface area contributed by atoms with Crippen LogP contribution in [0.5, 0.6) is 0 Å². The van der Waals surface area contributed by atoms with Crippen LogP contribution in [0.4, 0.5) is 0 Å². The minimum absolute atomic E-state index is 0.0747. The number of hydrogen-bond acceptors (Lipinski definition) is 3. The van der Waals surface area contributed by atoms with E-state index in [0.717, 1.165) is 26.6 Å². The third-order valence-corrected chi connectivity index (χ3v) is 6.45. The molecule has 3 aromatic carbocycles. The van der Waals surface area contributed by atoms with Crippen LogP contribution in [0, 0.1) is 0 Å². The van der Waals surface area contributed by atoms with E-state index in [-0.39, 0.29) is 30.5 Å². The van der Waals surface area contributed by atoms with Crippen LogP contribution in [0.25, 0.3) is 21.8 Å². The lowest BCUT2D eigenvalue weighted by Crippen LogP contribution is -2.42. The zero-order valence-electron chi connectivity index (χ0n) is 19.4. The number of benzene rings is 3. The number of rotatable bonds is 7. The Kier molecular flexibility index (Phi) is 6.06. The maximum Gasteiger partial charge on any atom is 0.331 e. The van der Waals surface area contributed by atoms with E-state index in [2.05, 4.69) is 16.4 Å². The van der Waals surface area contributed by atoms with Crippen molar-refractivity contribution >= 4 is 27.7 Å². The Morgan fingerprint density at radius 2 is 1.57 bits per heavy atom. The molecule has 0 saturated heterocycles. The Balaban J connectivity index is 1.45. The molecule has 35 heavy (non-hydrogen) atoms. The molecule has 0 radical (unpaired) electrons. The van der Waals surface area contributed by atoms with Crippen LogP contribution < -0.4 is 16.6 Å². The van der Waals surface area contributed by atoms with E-state index in [1.54, 1.807) is 31.2 Å². The Labute approximate surface area is 201 Å². The summed E-state index contributed by atoms with van der Waals surface area (Å²) < 4.78 is 2.53. The summed E-state index contributed by atoms with van der Waals surface area (Å²) >= 11 is 0. The number of para-hydroxylation sites is 2. The smallest absolute Gasteiger partial charge is 0.331 e. The second-order valence-corrected chi connectivity index (χ2v) is 8.49. The topological polar surface area (TPSA) is 88.9 Å². The monoisotopic (exact) mass is 466 g/mol. The number of carbonyl (C=O) groups is 1. The summed E-state index contributed by atoms with van der Waals surface area (Å²) in [5, 5.41) is 4.55. The largest absolute Gasteiger partial charge is 0.361 e. The third kappa shape index (κ3) is 4.17. The molecule has 0 fully saturated rings. The van der Waals surface area contributed by atoms with Crippen LogP contribution in [-0.4, -0.2) is 26.6 Å². The van der Waals surface area contributed by atoms with Gasteiger partial charge in [-0.05, 0) is 36.2 Å². The van der Waals surface area contributed by atoms with Gasteiger partial charge in [-0.1, -0.05) is 60.7 Å². The number of amides is 1. The molecule has 0 spiro atoms. The van der Waals surface area contributed by atoms with E-state index in [0.29, 0.717) is 17.4 Å². The third-order valence-electron chi connectivity index (χ3n) is 6.45. The van der Waals surface area contributed by atoms with Crippen molar-refractivity contribution in [3.05, 3.63) is 117 Å². The highest BCUT2D eigenvalue weighted by atomic mass is 16.2. The Bertz CT molecular complexity index is 1630. The average molecular weight is 467 g/mol. The second kappa shape index (κ2) is 9.46. The van der Waals surface area contributed by atoms with Crippen molar-refractivity contribution in [1.29, 1.82) is 0 Å². The first-order valence-corrected chi connectivity index (χ1v) is 11.7. The predicted octanol–water partition coefficient (Wildman–Crippen LogP) is 3.61. The van der Waals surface area contributed by atoms with Crippen LogP contribution in [0.2, 0.25) is 0 Å². The van der Waals surface area contributed by atoms with E-state index in [4.69, 9.17) is 0 Å². The molecule has 5 aromatic rings. The fraction of sp³-hybridized carbons (Fsp3) is 0.179. The highest BCUT2D eigenvalue weighted by Gasteiger charge is 2.20. The van der Waals surface area contributed by atoms with Gasteiger partial charge in [-0.3, -0.25) is 18.7 Å². The summed E-state index contributed by atoms with van der Waals surface area (Å²) in [5.41, 5.74) is 2.85. The lowest BCUT2D eigenvalue weighted by Gasteiger charge is -2.19. The first kappa shape index (κ1) is 22.4. The maximum absolute atomic E-state index is 13.1. The van der Waals surface area contributed by atoms with Crippen LogP contribution >= 0.6 is 0 Å². The normalized spacial score (nSPS) is 12.1. The lowest BCUT2D eigenvalue weighted by atomic mass is 9.91. The molecule has 2 heterocycles. The molecule has 5 rings (SSSR count). The molecule has 176 valence electrons. The summed E-state index contributed by atoms with van der Waals surface area (Å²) in [5.74, 6) is -0.367. The van der Waals surface area contributed by atoms with E-state index in [1.165, 1.54) is 4.57 Å². The molecule has 0 aliphatic heterocycles. The van der Waals surface area contributed by atoms with Gasteiger partial charge in [0.25, 0.3) is 5.56 Å². The number of carbonyl (C=O) groups excluding carboxylic acids is 1. The maximum atomic E-state index is 13.1. The van der Waals surface area contributed by atoms with Crippen LogP contribution in [0.15, 0.2) is 94.6 Å². The van der Waals surface area contributed by atoms with Gasteiger partial charge < -0.3 is 10.3 Å². The van der Waals surface area contributed by atoms with Crippen molar-refractivity contribution in [2.75, 3.05) is 6.54 Å². The van der Waals surface area contributed by atoms with Crippen molar-refractivity contribution in [3.8, 4) is 0 Å². The summed E-state index contributed by atoms with van der Waals surface area (Å²) in [6.45, 7) is 2.17. The number of nitrogens with one attached hydrogen (secondary N) is 2. The molecule has 1 amide bonds. The summed E-state index contributed by atoms with van der Waals surface area (Å²) in [6.07, 6.45) is 1.99. The summed E-state index contributed by atoms with van der Waals surface area (Å²) in [7, 11) is 0. The van der Waals surface area contributed by atoms with E-state index in [9.17, 15) is 14.4 Å². The van der Waals surface area contributed by atoms with Gasteiger partial charge in [-0.15, -0.1) is 0 Å². The summed E-state index contributed by atoms with van der Waals surface area (Å²) in [4.78, 5) is 42.1. The fourth-order valence-corrected chi connectivity index (χ4v) is 4.69. The molecule has 1 unspecified atom stereocenters. The minimum Gasteiger partial charge on any atom is -0.361 e. The zero-order chi connectivity index (χ0) is 24.4. The molecular formula is C28H26N4O3. The summed E-state index contributed by atoms with van der Waals surface area (Å²) in [6, 6.07) is 25.0. The van der Waals surface area contributed by atoms with Crippen molar-refractivity contribution < 1.29 is 4.79 Å². The highest BCUT2D eigenvalue weighted by Crippen LogP contribution is 2.30. The lowest BCUT2D eigenvalue weighted by molar-refractivity contribution is -0.121. The second-order valence-electron chi connectivity index (χ2n) is 8.49. The molecule has 2 aromatic heterocycles.